The van der Waals surface area contributed by atoms with Crippen molar-refractivity contribution in [2.75, 3.05) is 40.0 Å². The van der Waals surface area contributed by atoms with Crippen LogP contribution in [0.5, 0.6) is 0 Å². The van der Waals surface area contributed by atoms with E-state index in [0.717, 1.165) is 25.6 Å². The summed E-state index contributed by atoms with van der Waals surface area (Å²) in [6.45, 7) is 4.25. The highest BCUT2D eigenvalue weighted by atomic mass is 16.5. The summed E-state index contributed by atoms with van der Waals surface area (Å²) in [7, 11) is 2.17. The van der Waals surface area contributed by atoms with Crippen LogP contribution in [0.3, 0.4) is 0 Å². The molecule has 0 aliphatic carbocycles. The molecule has 3 nitrogen and oxygen atoms in total. The van der Waals surface area contributed by atoms with E-state index < -0.39 is 0 Å². The standard InChI is InChI=1S/C10H19NO2/c1-11-3-2-9(5-11)4-10(6-12)7-13-8-10/h9,12H,2-8H2,1H3. The van der Waals surface area contributed by atoms with Gasteiger partial charge < -0.3 is 14.7 Å². The summed E-state index contributed by atoms with van der Waals surface area (Å²) < 4.78 is 5.19. The second-order valence-corrected chi connectivity index (χ2v) is 4.77. The summed E-state index contributed by atoms with van der Waals surface area (Å²) in [6, 6.07) is 0. The number of ether oxygens (including phenoxy) is 1. The maximum Gasteiger partial charge on any atom is 0.0567 e. The first-order valence-corrected chi connectivity index (χ1v) is 5.11. The Balaban J connectivity index is 1.83. The Morgan fingerprint density at radius 1 is 1.54 bits per heavy atom. The second-order valence-electron chi connectivity index (χ2n) is 4.77. The molecule has 2 heterocycles. The number of hydrogen-bond acceptors (Lipinski definition) is 3. The fourth-order valence-electron chi connectivity index (χ4n) is 2.47. The van der Waals surface area contributed by atoms with Gasteiger partial charge in [-0.2, -0.15) is 0 Å². The van der Waals surface area contributed by atoms with E-state index in [1.54, 1.807) is 0 Å². The molecule has 0 aromatic heterocycles. The van der Waals surface area contributed by atoms with Crippen LogP contribution in [0.15, 0.2) is 0 Å². The molecule has 1 unspecified atom stereocenters. The normalized spacial score (nSPS) is 33.2. The molecule has 0 spiro atoms. The Kier molecular flexibility index (Phi) is 2.58. The Hall–Kier alpha value is -0.120. The van der Waals surface area contributed by atoms with Gasteiger partial charge in [-0.15, -0.1) is 0 Å². The van der Waals surface area contributed by atoms with Crippen LogP contribution in [-0.2, 0) is 4.74 Å². The lowest BCUT2D eigenvalue weighted by molar-refractivity contribution is -0.146. The predicted molar refractivity (Wildman–Crippen MR) is 50.6 cm³/mol. The van der Waals surface area contributed by atoms with Crippen LogP contribution < -0.4 is 0 Å². The molecule has 0 bridgehead atoms. The minimum Gasteiger partial charge on any atom is -0.396 e. The van der Waals surface area contributed by atoms with Crippen LogP contribution in [0, 0.1) is 11.3 Å². The van der Waals surface area contributed by atoms with Crippen molar-refractivity contribution < 1.29 is 9.84 Å². The largest absolute Gasteiger partial charge is 0.396 e. The first kappa shape index (κ1) is 9.44. The fraction of sp³-hybridized carbons (Fsp3) is 1.00. The number of aliphatic hydroxyl groups is 1. The molecule has 0 aromatic carbocycles. The minimum absolute atomic E-state index is 0.121. The monoisotopic (exact) mass is 185 g/mol. The first-order valence-electron chi connectivity index (χ1n) is 5.11. The van der Waals surface area contributed by atoms with Crippen molar-refractivity contribution in [2.45, 2.75) is 12.8 Å². The van der Waals surface area contributed by atoms with Crippen LogP contribution in [0.1, 0.15) is 12.8 Å². The van der Waals surface area contributed by atoms with Crippen LogP contribution in [0.4, 0.5) is 0 Å². The molecule has 76 valence electrons. The first-order chi connectivity index (χ1) is 6.24. The Morgan fingerprint density at radius 2 is 2.31 bits per heavy atom. The number of aliphatic hydroxyl groups excluding tert-OH is 1. The summed E-state index contributed by atoms with van der Waals surface area (Å²) in [5, 5.41) is 9.27. The zero-order valence-electron chi connectivity index (χ0n) is 8.33. The van der Waals surface area contributed by atoms with E-state index in [0.29, 0.717) is 6.61 Å². The van der Waals surface area contributed by atoms with E-state index in [1.165, 1.54) is 19.5 Å². The summed E-state index contributed by atoms with van der Waals surface area (Å²) in [4.78, 5) is 2.37. The molecule has 1 atom stereocenters. The summed E-state index contributed by atoms with van der Waals surface area (Å²) in [5.41, 5.74) is 0.121. The van der Waals surface area contributed by atoms with Crippen LogP contribution >= 0.6 is 0 Å². The van der Waals surface area contributed by atoms with Crippen LogP contribution in [0.2, 0.25) is 0 Å². The molecule has 1 N–H and O–H groups in total. The Bertz CT molecular complexity index is 174. The van der Waals surface area contributed by atoms with Gasteiger partial charge in [0.1, 0.15) is 0 Å². The third kappa shape index (κ3) is 1.87. The molecule has 2 fully saturated rings. The predicted octanol–water partition coefficient (Wildman–Crippen LogP) is 0.337. The third-order valence-corrected chi connectivity index (χ3v) is 3.36. The van der Waals surface area contributed by atoms with E-state index in [9.17, 15) is 5.11 Å². The number of rotatable bonds is 3. The average molecular weight is 185 g/mol. The lowest BCUT2D eigenvalue weighted by Gasteiger charge is -2.41. The van der Waals surface area contributed by atoms with Gasteiger partial charge in [0.15, 0.2) is 0 Å². The van der Waals surface area contributed by atoms with Gasteiger partial charge in [0.25, 0.3) is 0 Å². The highest BCUT2D eigenvalue weighted by Crippen LogP contribution is 2.36. The van der Waals surface area contributed by atoms with Gasteiger partial charge in [0, 0.05) is 12.0 Å². The quantitative estimate of drug-likeness (QED) is 0.688. The topological polar surface area (TPSA) is 32.7 Å². The zero-order chi connectivity index (χ0) is 9.31. The van der Waals surface area contributed by atoms with Gasteiger partial charge in [-0.25, -0.2) is 0 Å². The lowest BCUT2D eigenvalue weighted by Crippen LogP contribution is -2.47. The lowest BCUT2D eigenvalue weighted by atomic mass is 9.78. The van der Waals surface area contributed by atoms with Crippen molar-refractivity contribution in [2.24, 2.45) is 11.3 Å². The minimum atomic E-state index is 0.121. The van der Waals surface area contributed by atoms with E-state index >= 15 is 0 Å². The zero-order valence-corrected chi connectivity index (χ0v) is 8.33. The van der Waals surface area contributed by atoms with Gasteiger partial charge in [0.05, 0.1) is 19.8 Å². The molecule has 2 aliphatic rings. The average Bonchev–Trinajstić information content (AvgIpc) is 2.44. The molecule has 3 heteroatoms. The molecule has 0 amide bonds. The van der Waals surface area contributed by atoms with Crippen LogP contribution in [-0.4, -0.2) is 50.0 Å². The molecule has 0 aromatic rings. The summed E-state index contributed by atoms with van der Waals surface area (Å²) in [6.07, 6.45) is 2.44. The molecule has 0 radical (unpaired) electrons. The summed E-state index contributed by atoms with van der Waals surface area (Å²) in [5.74, 6) is 0.779. The van der Waals surface area contributed by atoms with Crippen molar-refractivity contribution in [3.8, 4) is 0 Å². The number of likely N-dealkylation sites (tertiary alicyclic amines) is 1. The van der Waals surface area contributed by atoms with E-state index in [2.05, 4.69) is 11.9 Å². The maximum absolute atomic E-state index is 9.27. The fourth-order valence-corrected chi connectivity index (χ4v) is 2.47. The van der Waals surface area contributed by atoms with Gasteiger partial charge in [-0.05, 0) is 32.4 Å². The van der Waals surface area contributed by atoms with Crippen molar-refractivity contribution in [1.29, 1.82) is 0 Å². The molecular weight excluding hydrogens is 166 g/mol. The van der Waals surface area contributed by atoms with Crippen molar-refractivity contribution in [3.05, 3.63) is 0 Å². The third-order valence-electron chi connectivity index (χ3n) is 3.36. The number of hydrogen-bond donors (Lipinski definition) is 1. The second kappa shape index (κ2) is 3.56. The van der Waals surface area contributed by atoms with Crippen LogP contribution in [0.25, 0.3) is 0 Å². The van der Waals surface area contributed by atoms with E-state index in [1.807, 2.05) is 0 Å². The molecule has 0 saturated carbocycles. The van der Waals surface area contributed by atoms with Crippen molar-refractivity contribution >= 4 is 0 Å². The Morgan fingerprint density at radius 3 is 2.69 bits per heavy atom. The van der Waals surface area contributed by atoms with E-state index in [4.69, 9.17) is 4.74 Å². The molecule has 2 rings (SSSR count). The van der Waals surface area contributed by atoms with Gasteiger partial charge in [-0.1, -0.05) is 0 Å². The molecule has 2 saturated heterocycles. The van der Waals surface area contributed by atoms with Crippen molar-refractivity contribution in [3.63, 3.8) is 0 Å². The van der Waals surface area contributed by atoms with Gasteiger partial charge in [0.2, 0.25) is 0 Å². The van der Waals surface area contributed by atoms with E-state index in [-0.39, 0.29) is 5.41 Å². The SMILES string of the molecule is CN1CCC(CC2(CO)COC2)C1. The highest BCUT2D eigenvalue weighted by molar-refractivity contribution is 4.89. The molecular formula is C10H19NO2. The van der Waals surface area contributed by atoms with Crippen molar-refractivity contribution in [1.82, 2.24) is 4.90 Å². The van der Waals surface area contributed by atoms with Gasteiger partial charge >= 0.3 is 0 Å². The maximum atomic E-state index is 9.27. The molecule has 13 heavy (non-hydrogen) atoms. The number of nitrogens with zero attached hydrogens (tertiary/aromatic N) is 1. The summed E-state index contributed by atoms with van der Waals surface area (Å²) >= 11 is 0. The highest BCUT2D eigenvalue weighted by Gasteiger charge is 2.40. The van der Waals surface area contributed by atoms with Gasteiger partial charge in [-0.3, -0.25) is 0 Å². The molecule has 2 aliphatic heterocycles. The smallest absolute Gasteiger partial charge is 0.0567 e. The Labute approximate surface area is 79.7 Å².